The fourth-order valence-corrected chi connectivity index (χ4v) is 3.36. The van der Waals surface area contributed by atoms with Gasteiger partial charge >= 0.3 is 0 Å². The average molecular weight is 415 g/mol. The van der Waals surface area contributed by atoms with Gasteiger partial charge in [-0.2, -0.15) is 0 Å². The number of rotatable bonds is 9. The van der Waals surface area contributed by atoms with Crippen molar-refractivity contribution in [1.82, 2.24) is 5.32 Å². The monoisotopic (exact) mass is 414 g/mol. The van der Waals surface area contributed by atoms with E-state index in [-0.39, 0.29) is 29.7 Å². The summed E-state index contributed by atoms with van der Waals surface area (Å²) in [5.41, 5.74) is 0.293. The minimum Gasteiger partial charge on any atom is -0.495 e. The van der Waals surface area contributed by atoms with Crippen molar-refractivity contribution in [3.05, 3.63) is 47.5 Å². The number of halogens is 1. The minimum absolute atomic E-state index is 0.0199. The van der Waals surface area contributed by atoms with Crippen LogP contribution in [0.1, 0.15) is 0 Å². The molecule has 0 bridgehead atoms. The van der Waals surface area contributed by atoms with E-state index in [1.165, 1.54) is 43.5 Å². The molecule has 0 spiro atoms. The standard InChI is InChI=1S/C17H19ClN2O6S/c1-25-16-7-2-12(10-15(16)18)20-27(23,24)14-5-3-13(4-6-14)26-11-17(22)19-8-9-21/h2-7,10,20-21H,8-9,11H2,1H3,(H,19,22). The van der Waals surface area contributed by atoms with E-state index < -0.39 is 15.9 Å². The first kappa shape index (κ1) is 20.8. The SMILES string of the molecule is COc1ccc(NS(=O)(=O)c2ccc(OCC(=O)NCCO)cc2)cc1Cl. The van der Waals surface area contributed by atoms with Gasteiger partial charge in [-0.05, 0) is 42.5 Å². The highest BCUT2D eigenvalue weighted by Crippen LogP contribution is 2.28. The van der Waals surface area contributed by atoms with E-state index in [0.29, 0.717) is 17.2 Å². The summed E-state index contributed by atoms with van der Waals surface area (Å²) in [6.07, 6.45) is 0. The number of nitrogens with one attached hydrogen (secondary N) is 2. The van der Waals surface area contributed by atoms with E-state index in [1.54, 1.807) is 6.07 Å². The van der Waals surface area contributed by atoms with Crippen molar-refractivity contribution >= 4 is 33.2 Å². The van der Waals surface area contributed by atoms with Gasteiger partial charge in [-0.15, -0.1) is 0 Å². The fraction of sp³-hybridized carbons (Fsp3) is 0.235. The second-order valence-corrected chi connectivity index (χ2v) is 7.38. The Morgan fingerprint density at radius 2 is 1.89 bits per heavy atom. The number of carbonyl (C=O) groups excluding carboxylic acids is 1. The molecule has 0 fully saturated rings. The van der Waals surface area contributed by atoms with Gasteiger partial charge in [-0.25, -0.2) is 8.42 Å². The lowest BCUT2D eigenvalue weighted by molar-refractivity contribution is -0.123. The number of hydrogen-bond donors (Lipinski definition) is 3. The fourth-order valence-electron chi connectivity index (χ4n) is 2.05. The number of aliphatic hydroxyl groups excluding tert-OH is 1. The number of sulfonamides is 1. The van der Waals surface area contributed by atoms with Gasteiger partial charge < -0.3 is 19.9 Å². The molecule has 0 unspecified atom stereocenters. The van der Waals surface area contributed by atoms with Crippen LogP contribution in [0.25, 0.3) is 0 Å². The molecule has 2 aromatic rings. The minimum atomic E-state index is -3.82. The molecule has 2 rings (SSSR count). The molecule has 27 heavy (non-hydrogen) atoms. The Balaban J connectivity index is 2.02. The molecule has 0 heterocycles. The number of methoxy groups -OCH3 is 1. The van der Waals surface area contributed by atoms with E-state index in [9.17, 15) is 13.2 Å². The highest BCUT2D eigenvalue weighted by atomic mass is 35.5. The number of hydrogen-bond acceptors (Lipinski definition) is 6. The summed E-state index contributed by atoms with van der Waals surface area (Å²) in [4.78, 5) is 11.4. The Morgan fingerprint density at radius 3 is 2.48 bits per heavy atom. The first-order valence-corrected chi connectivity index (χ1v) is 9.68. The molecule has 146 valence electrons. The predicted octanol–water partition coefficient (Wildman–Crippen LogP) is 1.64. The molecule has 2 aromatic carbocycles. The summed E-state index contributed by atoms with van der Waals surface area (Å²) in [6, 6.07) is 10.1. The molecule has 0 saturated carbocycles. The van der Waals surface area contributed by atoms with Crippen LogP contribution in [0, 0.1) is 0 Å². The molecular formula is C17H19ClN2O6S. The van der Waals surface area contributed by atoms with Gasteiger partial charge in [0.25, 0.3) is 15.9 Å². The van der Waals surface area contributed by atoms with Crippen LogP contribution in [0.2, 0.25) is 5.02 Å². The Labute approximate surface area is 162 Å². The van der Waals surface area contributed by atoms with Crippen LogP contribution in [0.15, 0.2) is 47.4 Å². The number of benzene rings is 2. The van der Waals surface area contributed by atoms with Gasteiger partial charge in [0, 0.05) is 6.54 Å². The zero-order valence-corrected chi connectivity index (χ0v) is 16.0. The van der Waals surface area contributed by atoms with Crippen molar-refractivity contribution in [3.63, 3.8) is 0 Å². The topological polar surface area (TPSA) is 114 Å². The quantitative estimate of drug-likeness (QED) is 0.574. The normalized spacial score (nSPS) is 10.9. The van der Waals surface area contributed by atoms with Crippen molar-refractivity contribution in [3.8, 4) is 11.5 Å². The Kier molecular flexibility index (Phi) is 7.28. The molecule has 0 radical (unpaired) electrons. The number of aliphatic hydroxyl groups is 1. The molecule has 0 aromatic heterocycles. The van der Waals surface area contributed by atoms with Crippen LogP contribution in [0.4, 0.5) is 5.69 Å². The molecule has 0 aliphatic carbocycles. The average Bonchev–Trinajstić information content (AvgIpc) is 2.65. The van der Waals surface area contributed by atoms with Gasteiger partial charge in [0.1, 0.15) is 11.5 Å². The van der Waals surface area contributed by atoms with Crippen LogP contribution in [-0.4, -0.2) is 46.3 Å². The van der Waals surface area contributed by atoms with E-state index in [4.69, 9.17) is 26.2 Å². The highest BCUT2D eigenvalue weighted by Gasteiger charge is 2.15. The lowest BCUT2D eigenvalue weighted by Gasteiger charge is -2.11. The third-order valence-corrected chi connectivity index (χ3v) is 5.03. The van der Waals surface area contributed by atoms with E-state index >= 15 is 0 Å². The summed E-state index contributed by atoms with van der Waals surface area (Å²) in [5.74, 6) is 0.378. The van der Waals surface area contributed by atoms with E-state index in [1.807, 2.05) is 0 Å². The van der Waals surface area contributed by atoms with Crippen molar-refractivity contribution in [2.75, 3.05) is 31.6 Å². The van der Waals surface area contributed by atoms with E-state index in [0.717, 1.165) is 0 Å². The zero-order valence-electron chi connectivity index (χ0n) is 14.4. The zero-order chi connectivity index (χ0) is 19.9. The lowest BCUT2D eigenvalue weighted by Crippen LogP contribution is -2.31. The maximum absolute atomic E-state index is 12.4. The van der Waals surface area contributed by atoms with Crippen LogP contribution in [-0.2, 0) is 14.8 Å². The van der Waals surface area contributed by atoms with Crippen LogP contribution < -0.4 is 19.5 Å². The van der Waals surface area contributed by atoms with Gasteiger partial charge in [0.15, 0.2) is 6.61 Å². The van der Waals surface area contributed by atoms with Crippen LogP contribution in [0.3, 0.4) is 0 Å². The van der Waals surface area contributed by atoms with Crippen LogP contribution in [0.5, 0.6) is 11.5 Å². The smallest absolute Gasteiger partial charge is 0.261 e. The third-order valence-electron chi connectivity index (χ3n) is 3.34. The first-order chi connectivity index (χ1) is 12.9. The van der Waals surface area contributed by atoms with Gasteiger partial charge in [-0.1, -0.05) is 11.6 Å². The van der Waals surface area contributed by atoms with Gasteiger partial charge in [0.05, 0.1) is 29.3 Å². The molecule has 10 heteroatoms. The molecule has 1 amide bonds. The summed E-state index contributed by atoms with van der Waals surface area (Å²) in [7, 11) is -2.36. The molecule has 0 aliphatic heterocycles. The third kappa shape index (κ3) is 6.02. The molecule has 0 atom stereocenters. The maximum Gasteiger partial charge on any atom is 0.261 e. The van der Waals surface area contributed by atoms with E-state index in [2.05, 4.69) is 10.0 Å². The van der Waals surface area contributed by atoms with Gasteiger partial charge in [0.2, 0.25) is 0 Å². The van der Waals surface area contributed by atoms with Crippen molar-refractivity contribution < 1.29 is 27.8 Å². The van der Waals surface area contributed by atoms with Crippen molar-refractivity contribution in [2.45, 2.75) is 4.90 Å². The largest absolute Gasteiger partial charge is 0.495 e. The van der Waals surface area contributed by atoms with Crippen LogP contribution >= 0.6 is 11.6 Å². The van der Waals surface area contributed by atoms with Gasteiger partial charge in [-0.3, -0.25) is 9.52 Å². The predicted molar refractivity (Wildman–Crippen MR) is 101 cm³/mol. The Hall–Kier alpha value is -2.49. The number of amides is 1. The molecule has 8 nitrogen and oxygen atoms in total. The Morgan fingerprint density at radius 1 is 1.19 bits per heavy atom. The molecule has 0 saturated heterocycles. The number of ether oxygens (including phenoxy) is 2. The molecular weight excluding hydrogens is 396 g/mol. The summed E-state index contributed by atoms with van der Waals surface area (Å²) in [6.45, 7) is -0.264. The summed E-state index contributed by atoms with van der Waals surface area (Å²) >= 11 is 5.99. The maximum atomic E-state index is 12.4. The van der Waals surface area contributed by atoms with Crippen molar-refractivity contribution in [2.24, 2.45) is 0 Å². The summed E-state index contributed by atoms with van der Waals surface area (Å²) < 4.78 is 37.6. The first-order valence-electron chi connectivity index (χ1n) is 7.82. The molecule has 3 N–H and O–H groups in total. The molecule has 0 aliphatic rings. The Bertz CT molecular complexity index is 887. The second kappa shape index (κ2) is 9.45. The number of carbonyl (C=O) groups is 1. The highest BCUT2D eigenvalue weighted by molar-refractivity contribution is 7.92. The lowest BCUT2D eigenvalue weighted by atomic mass is 10.3. The number of anilines is 1. The summed E-state index contributed by atoms with van der Waals surface area (Å²) in [5, 5.41) is 11.3. The second-order valence-electron chi connectivity index (χ2n) is 5.29. The van der Waals surface area contributed by atoms with Crippen molar-refractivity contribution in [1.29, 1.82) is 0 Å².